The number of fused-ring (bicyclic) bond motifs is 2. The van der Waals surface area contributed by atoms with Crippen LogP contribution in [-0.4, -0.2) is 24.5 Å². The fourth-order valence-corrected chi connectivity index (χ4v) is 2.69. The molecule has 2 aliphatic heterocycles. The fraction of sp³-hybridized carbons (Fsp3) is 0.0556. The zero-order valence-electron chi connectivity index (χ0n) is 12.9. The lowest BCUT2D eigenvalue weighted by Gasteiger charge is -2.06. The minimum absolute atomic E-state index is 0.178. The third kappa shape index (κ3) is 2.72. The van der Waals surface area contributed by atoms with Crippen LogP contribution in [0.25, 0.3) is 6.08 Å². The van der Waals surface area contributed by atoms with Gasteiger partial charge < -0.3 is 14.8 Å². The molecule has 0 saturated heterocycles. The van der Waals surface area contributed by atoms with Crippen LogP contribution < -0.4 is 20.1 Å². The minimum Gasteiger partial charge on any atom is -0.454 e. The summed E-state index contributed by atoms with van der Waals surface area (Å²) in [6.45, 7) is 0.183. The van der Waals surface area contributed by atoms with Gasteiger partial charge in [-0.3, -0.25) is 19.7 Å². The van der Waals surface area contributed by atoms with E-state index in [1.807, 2.05) is 0 Å². The molecule has 2 heterocycles. The smallest absolute Gasteiger partial charge is 0.261 e. The van der Waals surface area contributed by atoms with Crippen molar-refractivity contribution in [2.45, 2.75) is 0 Å². The average Bonchev–Trinajstić information content (AvgIpc) is 3.18. The minimum atomic E-state index is -0.518. The molecule has 0 fully saturated rings. The van der Waals surface area contributed by atoms with Crippen LogP contribution in [0.15, 0.2) is 42.5 Å². The molecular weight excluding hydrogens is 324 g/mol. The first kappa shape index (κ1) is 14.9. The fourth-order valence-electron chi connectivity index (χ4n) is 2.69. The first-order chi connectivity index (χ1) is 12.1. The second kappa shape index (κ2) is 5.79. The molecule has 2 N–H and O–H groups in total. The molecule has 0 atom stereocenters. The van der Waals surface area contributed by atoms with E-state index in [1.165, 1.54) is 12.1 Å². The lowest BCUT2D eigenvalue weighted by molar-refractivity contribution is -0.111. The lowest BCUT2D eigenvalue weighted by atomic mass is 10.1. The van der Waals surface area contributed by atoms with E-state index in [2.05, 4.69) is 10.6 Å². The molecule has 2 aromatic carbocycles. The molecule has 0 bridgehead atoms. The van der Waals surface area contributed by atoms with E-state index in [9.17, 15) is 14.4 Å². The summed E-state index contributed by atoms with van der Waals surface area (Å²) in [4.78, 5) is 35.6. The highest BCUT2D eigenvalue weighted by Gasteiger charge is 2.29. The van der Waals surface area contributed by atoms with E-state index in [-0.39, 0.29) is 17.9 Å². The molecule has 0 aromatic heterocycles. The Labute approximate surface area is 142 Å². The van der Waals surface area contributed by atoms with Crippen LogP contribution in [0.5, 0.6) is 11.5 Å². The topological polar surface area (TPSA) is 93.7 Å². The number of rotatable bonds is 3. The van der Waals surface area contributed by atoms with Crippen molar-refractivity contribution < 1.29 is 23.9 Å². The molecular formula is C18H12N2O5. The first-order valence-electron chi connectivity index (χ1n) is 7.49. The van der Waals surface area contributed by atoms with Crippen molar-refractivity contribution in [1.29, 1.82) is 0 Å². The highest BCUT2D eigenvalue weighted by Crippen LogP contribution is 2.32. The molecule has 0 unspecified atom stereocenters. The summed E-state index contributed by atoms with van der Waals surface area (Å²) >= 11 is 0. The normalized spacial score (nSPS) is 14.6. The molecule has 0 saturated carbocycles. The summed E-state index contributed by atoms with van der Waals surface area (Å²) in [7, 11) is 0. The van der Waals surface area contributed by atoms with Crippen molar-refractivity contribution in [2.75, 3.05) is 12.1 Å². The van der Waals surface area contributed by atoms with E-state index in [0.717, 1.165) is 5.56 Å². The first-order valence-corrected chi connectivity index (χ1v) is 7.49. The maximum atomic E-state index is 12.1. The highest BCUT2D eigenvalue weighted by atomic mass is 16.7. The number of anilines is 1. The lowest BCUT2D eigenvalue weighted by Crippen LogP contribution is -2.20. The maximum absolute atomic E-state index is 12.1. The Kier molecular flexibility index (Phi) is 3.46. The van der Waals surface area contributed by atoms with Gasteiger partial charge in [0.05, 0.1) is 16.8 Å². The van der Waals surface area contributed by atoms with Crippen molar-refractivity contribution >= 4 is 29.5 Å². The van der Waals surface area contributed by atoms with E-state index >= 15 is 0 Å². The van der Waals surface area contributed by atoms with Crippen molar-refractivity contribution in [3.8, 4) is 11.5 Å². The number of ether oxygens (including phenoxy) is 2. The van der Waals surface area contributed by atoms with Crippen LogP contribution in [0.4, 0.5) is 5.69 Å². The molecule has 2 aromatic rings. The Morgan fingerprint density at radius 1 is 1.08 bits per heavy atom. The Bertz CT molecular complexity index is 948. The number of amides is 3. The predicted octanol–water partition coefficient (Wildman–Crippen LogP) is 1.95. The van der Waals surface area contributed by atoms with Crippen LogP contribution in [-0.2, 0) is 4.79 Å². The Balaban J connectivity index is 1.52. The highest BCUT2D eigenvalue weighted by molar-refractivity contribution is 6.24. The molecule has 2 aliphatic rings. The van der Waals surface area contributed by atoms with Crippen LogP contribution in [0.1, 0.15) is 26.3 Å². The summed E-state index contributed by atoms with van der Waals surface area (Å²) in [5.74, 6) is -0.114. The summed E-state index contributed by atoms with van der Waals surface area (Å²) in [6, 6.07) is 10.0. The molecule has 0 radical (unpaired) electrons. The maximum Gasteiger partial charge on any atom is 0.261 e. The van der Waals surface area contributed by atoms with Gasteiger partial charge in [-0.05, 0) is 35.9 Å². The van der Waals surface area contributed by atoms with Crippen LogP contribution in [0, 0.1) is 0 Å². The second-order valence-electron chi connectivity index (χ2n) is 5.45. The Hall–Kier alpha value is -3.61. The number of hydrogen-bond donors (Lipinski definition) is 2. The number of imide groups is 1. The van der Waals surface area contributed by atoms with Crippen molar-refractivity contribution in [3.05, 3.63) is 59.2 Å². The third-order valence-electron chi connectivity index (χ3n) is 3.84. The summed E-state index contributed by atoms with van der Waals surface area (Å²) in [5.41, 5.74) is 1.49. The van der Waals surface area contributed by atoms with E-state index in [4.69, 9.17) is 9.47 Å². The average molecular weight is 336 g/mol. The molecule has 3 amide bonds. The second-order valence-corrected chi connectivity index (χ2v) is 5.45. The third-order valence-corrected chi connectivity index (χ3v) is 3.84. The predicted molar refractivity (Wildman–Crippen MR) is 88.5 cm³/mol. The van der Waals surface area contributed by atoms with Gasteiger partial charge in [0, 0.05) is 6.08 Å². The quantitative estimate of drug-likeness (QED) is 0.660. The van der Waals surface area contributed by atoms with Gasteiger partial charge in [-0.2, -0.15) is 0 Å². The molecule has 124 valence electrons. The molecule has 4 rings (SSSR count). The SMILES string of the molecule is O=C(/C=C/c1ccc2c(c1)OCO2)Nc1cccc2c1C(=O)NC2=O. The summed E-state index contributed by atoms with van der Waals surface area (Å²) in [6.07, 6.45) is 2.96. The van der Waals surface area contributed by atoms with E-state index < -0.39 is 17.7 Å². The number of nitrogens with one attached hydrogen (secondary N) is 2. The number of carbonyl (C=O) groups excluding carboxylic acids is 3. The summed E-state index contributed by atoms with van der Waals surface area (Å²) < 4.78 is 10.5. The zero-order chi connectivity index (χ0) is 17.4. The van der Waals surface area contributed by atoms with Gasteiger partial charge in [0.25, 0.3) is 11.8 Å². The van der Waals surface area contributed by atoms with Gasteiger partial charge in [-0.15, -0.1) is 0 Å². The number of benzene rings is 2. The van der Waals surface area contributed by atoms with Crippen molar-refractivity contribution in [1.82, 2.24) is 5.32 Å². The van der Waals surface area contributed by atoms with Gasteiger partial charge in [0.1, 0.15) is 0 Å². The van der Waals surface area contributed by atoms with Crippen molar-refractivity contribution in [3.63, 3.8) is 0 Å². The van der Waals surface area contributed by atoms with Gasteiger partial charge in [0.2, 0.25) is 12.7 Å². The van der Waals surface area contributed by atoms with Gasteiger partial charge in [-0.25, -0.2) is 0 Å². The monoisotopic (exact) mass is 336 g/mol. The molecule has 0 spiro atoms. The number of hydrogen-bond acceptors (Lipinski definition) is 5. The number of carbonyl (C=O) groups is 3. The van der Waals surface area contributed by atoms with Crippen LogP contribution in [0.3, 0.4) is 0 Å². The van der Waals surface area contributed by atoms with Crippen molar-refractivity contribution in [2.24, 2.45) is 0 Å². The van der Waals surface area contributed by atoms with E-state index in [1.54, 1.807) is 36.4 Å². The van der Waals surface area contributed by atoms with Crippen LogP contribution in [0.2, 0.25) is 0 Å². The Morgan fingerprint density at radius 3 is 2.80 bits per heavy atom. The standard InChI is InChI=1S/C18H12N2O5/c21-15(7-5-10-4-6-13-14(8-10)25-9-24-13)19-12-3-1-2-11-16(12)18(23)20-17(11)22/h1-8H,9H2,(H,19,21)(H,20,22,23)/b7-5+. The zero-order valence-corrected chi connectivity index (χ0v) is 12.9. The van der Waals surface area contributed by atoms with Gasteiger partial charge in [0.15, 0.2) is 11.5 Å². The summed E-state index contributed by atoms with van der Waals surface area (Å²) in [5, 5.41) is 4.83. The van der Waals surface area contributed by atoms with Gasteiger partial charge in [-0.1, -0.05) is 12.1 Å². The molecule has 7 heteroatoms. The van der Waals surface area contributed by atoms with Crippen LogP contribution >= 0.6 is 0 Å². The molecule has 0 aliphatic carbocycles. The molecule has 7 nitrogen and oxygen atoms in total. The Morgan fingerprint density at radius 2 is 1.92 bits per heavy atom. The van der Waals surface area contributed by atoms with E-state index in [0.29, 0.717) is 17.2 Å². The largest absolute Gasteiger partial charge is 0.454 e. The molecule has 25 heavy (non-hydrogen) atoms. The van der Waals surface area contributed by atoms with Gasteiger partial charge >= 0.3 is 0 Å².